The molecule has 0 saturated carbocycles. The van der Waals surface area contributed by atoms with Crippen molar-refractivity contribution in [2.45, 2.75) is 64.6 Å². The quantitative estimate of drug-likeness (QED) is 0.305. The van der Waals surface area contributed by atoms with Gasteiger partial charge >= 0.3 is 6.03 Å². The third kappa shape index (κ3) is 5.63. The van der Waals surface area contributed by atoms with Crippen LogP contribution in [-0.4, -0.2) is 80.3 Å². The van der Waals surface area contributed by atoms with Crippen molar-refractivity contribution < 1.29 is 18.5 Å². The summed E-state index contributed by atoms with van der Waals surface area (Å²) in [5.74, 6) is 0.560. The molecule has 13 heteroatoms. The highest BCUT2D eigenvalue weighted by atomic mass is 19.1. The number of urea groups is 1. The fraction of sp³-hybridized carbons (Fsp3) is 0.448. The molecule has 0 bridgehead atoms. The summed E-state index contributed by atoms with van der Waals surface area (Å²) in [7, 11) is 3.50. The number of halogens is 1. The van der Waals surface area contributed by atoms with Gasteiger partial charge in [-0.1, -0.05) is 32.9 Å². The normalized spacial score (nSPS) is 17.4. The van der Waals surface area contributed by atoms with Gasteiger partial charge < -0.3 is 19.6 Å². The van der Waals surface area contributed by atoms with Gasteiger partial charge in [0.15, 0.2) is 11.5 Å². The number of carbonyl (C=O) groups is 2. The number of H-pyrrole nitrogens is 1. The molecule has 2 N–H and O–H groups in total. The molecule has 1 aliphatic heterocycles. The first kappa shape index (κ1) is 29.0. The number of anilines is 2. The second kappa shape index (κ2) is 11.4. The van der Waals surface area contributed by atoms with Gasteiger partial charge in [0.05, 0.1) is 18.0 Å². The minimum Gasteiger partial charge on any atom is -0.363 e. The summed E-state index contributed by atoms with van der Waals surface area (Å²) >= 11 is 0. The summed E-state index contributed by atoms with van der Waals surface area (Å²) in [6.45, 7) is 8.42. The summed E-state index contributed by atoms with van der Waals surface area (Å²) in [5.41, 5.74) is 1.84. The van der Waals surface area contributed by atoms with Crippen LogP contribution in [-0.2, 0) is 16.8 Å². The third-order valence-electron chi connectivity index (χ3n) is 7.55. The van der Waals surface area contributed by atoms with E-state index in [0.717, 1.165) is 23.8 Å². The highest BCUT2D eigenvalue weighted by molar-refractivity contribution is 6.00. The molecule has 12 nitrogen and oxygen atoms in total. The van der Waals surface area contributed by atoms with E-state index in [1.165, 1.54) is 11.0 Å². The van der Waals surface area contributed by atoms with E-state index in [-0.39, 0.29) is 36.0 Å². The van der Waals surface area contributed by atoms with E-state index >= 15 is 4.39 Å². The molecular formula is C29H36FN9O3. The summed E-state index contributed by atoms with van der Waals surface area (Å²) in [4.78, 5) is 37.9. The number of hydrogen-bond acceptors (Lipinski definition) is 8. The number of aromatic amines is 1. The molecule has 3 aromatic heterocycles. The molecule has 0 unspecified atom stereocenters. The Hall–Kier alpha value is -4.55. The summed E-state index contributed by atoms with van der Waals surface area (Å²) < 4.78 is 20.8. The lowest BCUT2D eigenvalue weighted by atomic mass is 9.97. The number of amides is 3. The number of hydrogen-bond donors (Lipinski definition) is 2. The van der Waals surface area contributed by atoms with Crippen LogP contribution in [0.4, 0.5) is 21.0 Å². The third-order valence-corrected chi connectivity index (χ3v) is 7.55. The fourth-order valence-electron chi connectivity index (χ4n) is 5.15. The molecular weight excluding hydrogens is 541 g/mol. The number of benzene rings is 1. The average molecular weight is 578 g/mol. The van der Waals surface area contributed by atoms with E-state index in [1.807, 2.05) is 38.7 Å². The highest BCUT2D eigenvalue weighted by Gasteiger charge is 2.33. The van der Waals surface area contributed by atoms with Gasteiger partial charge in [-0.25, -0.2) is 14.2 Å². The van der Waals surface area contributed by atoms with Crippen LogP contribution in [0.5, 0.6) is 0 Å². The minimum absolute atomic E-state index is 0.0269. The van der Waals surface area contributed by atoms with Crippen LogP contribution in [0.1, 0.15) is 52.0 Å². The lowest BCUT2D eigenvalue weighted by Gasteiger charge is -2.40. The Bertz CT molecular complexity index is 1590. The first-order chi connectivity index (χ1) is 20.0. The molecule has 222 valence electrons. The molecule has 3 amide bonds. The molecule has 0 spiro atoms. The van der Waals surface area contributed by atoms with E-state index in [2.05, 4.69) is 30.6 Å². The Labute approximate surface area is 243 Å². The van der Waals surface area contributed by atoms with Gasteiger partial charge in [-0.2, -0.15) is 10.1 Å². The fourth-order valence-corrected chi connectivity index (χ4v) is 5.15. The second-order valence-corrected chi connectivity index (χ2v) is 11.8. The lowest BCUT2D eigenvalue weighted by Crippen LogP contribution is -2.54. The molecule has 1 aromatic carbocycles. The summed E-state index contributed by atoms with van der Waals surface area (Å²) in [6, 6.07) is 6.57. The van der Waals surface area contributed by atoms with Crippen molar-refractivity contribution in [1.29, 1.82) is 0 Å². The van der Waals surface area contributed by atoms with Gasteiger partial charge in [-0.3, -0.25) is 14.8 Å². The number of rotatable bonds is 7. The topological polar surface area (TPSA) is 136 Å². The lowest BCUT2D eigenvalue weighted by molar-refractivity contribution is -0.107. The van der Waals surface area contributed by atoms with Gasteiger partial charge in [0.2, 0.25) is 12.3 Å². The van der Waals surface area contributed by atoms with Crippen LogP contribution in [0.15, 0.2) is 35.0 Å². The Balaban J connectivity index is 1.40. The van der Waals surface area contributed by atoms with Crippen LogP contribution < -0.4 is 10.2 Å². The molecule has 0 aliphatic carbocycles. The van der Waals surface area contributed by atoms with Crippen molar-refractivity contribution in [3.8, 4) is 11.1 Å². The number of nitrogens with zero attached hydrogens (tertiary/aromatic N) is 7. The highest BCUT2D eigenvalue weighted by Crippen LogP contribution is 2.34. The number of pyridine rings is 1. The number of fused-ring (bicyclic) bond motifs is 1. The Morgan fingerprint density at radius 2 is 2.07 bits per heavy atom. The smallest absolute Gasteiger partial charge is 0.319 e. The maximum atomic E-state index is 15.5. The van der Waals surface area contributed by atoms with Crippen molar-refractivity contribution in [3.63, 3.8) is 0 Å². The maximum Gasteiger partial charge on any atom is 0.319 e. The second-order valence-electron chi connectivity index (χ2n) is 11.8. The zero-order chi connectivity index (χ0) is 30.2. The van der Waals surface area contributed by atoms with E-state index in [4.69, 9.17) is 4.52 Å². The predicted molar refractivity (Wildman–Crippen MR) is 156 cm³/mol. The Kier molecular flexibility index (Phi) is 7.85. The summed E-state index contributed by atoms with van der Waals surface area (Å²) in [6.07, 6.45) is 3.93. The van der Waals surface area contributed by atoms with E-state index in [9.17, 15) is 9.59 Å². The molecule has 0 radical (unpaired) electrons. The molecule has 1 saturated heterocycles. The SMILES string of the molecule is C[C@@H]1[C@H](Nc2n[nH]c3nccc(-c4ccc(CN(C=O)c5noc(C(C)(C)C)n5)c(F)c4)c23)CCCN1C(=O)N(C)C. The molecule has 4 heterocycles. The number of likely N-dealkylation sites (tertiary alicyclic amines) is 1. The van der Waals surface area contributed by atoms with Crippen LogP contribution in [0.2, 0.25) is 0 Å². The van der Waals surface area contributed by atoms with Crippen molar-refractivity contribution in [3.05, 3.63) is 47.7 Å². The van der Waals surface area contributed by atoms with Crippen LogP contribution in [0.25, 0.3) is 22.2 Å². The molecule has 1 aliphatic rings. The van der Waals surface area contributed by atoms with Crippen molar-refractivity contribution in [1.82, 2.24) is 35.1 Å². The zero-order valence-electron chi connectivity index (χ0n) is 24.7. The predicted octanol–water partition coefficient (Wildman–Crippen LogP) is 4.55. The van der Waals surface area contributed by atoms with E-state index < -0.39 is 5.82 Å². The molecule has 2 atom stereocenters. The van der Waals surface area contributed by atoms with Gasteiger partial charge in [0.1, 0.15) is 5.82 Å². The first-order valence-corrected chi connectivity index (χ1v) is 13.9. The Morgan fingerprint density at radius 3 is 2.74 bits per heavy atom. The van der Waals surface area contributed by atoms with Crippen molar-refractivity contribution in [2.24, 2.45) is 0 Å². The molecule has 1 fully saturated rings. The van der Waals surface area contributed by atoms with Gasteiger partial charge in [-0.05, 0) is 48.2 Å². The van der Waals surface area contributed by atoms with Crippen LogP contribution in [0.3, 0.4) is 0 Å². The van der Waals surface area contributed by atoms with E-state index in [0.29, 0.717) is 41.4 Å². The van der Waals surface area contributed by atoms with Gasteiger partial charge in [0.25, 0.3) is 5.95 Å². The maximum absolute atomic E-state index is 15.5. The minimum atomic E-state index is -0.486. The number of aromatic nitrogens is 5. The van der Waals surface area contributed by atoms with Crippen molar-refractivity contribution in [2.75, 3.05) is 30.9 Å². The largest absolute Gasteiger partial charge is 0.363 e. The standard InChI is InChI=1S/C29H36FN9O3/c1-17-22(8-7-13-39(17)28(41)37(5)6)32-25-23-20(11-12-31-24(23)34-35-25)18-9-10-19(21(30)14-18)15-38(16-40)27-33-26(42-36-27)29(2,3)4/h9-12,14,16-17,22H,7-8,13,15H2,1-6H3,(H2,31,32,34,35)/t17-,22-/m1/s1. The van der Waals surface area contributed by atoms with Crippen LogP contribution in [0, 0.1) is 5.82 Å². The zero-order valence-corrected chi connectivity index (χ0v) is 24.7. The molecule has 42 heavy (non-hydrogen) atoms. The number of nitrogens with one attached hydrogen (secondary N) is 2. The average Bonchev–Trinajstić information content (AvgIpc) is 3.61. The molecule has 5 rings (SSSR count). The number of carbonyl (C=O) groups excluding carboxylic acids is 2. The Morgan fingerprint density at radius 1 is 1.29 bits per heavy atom. The molecule has 4 aromatic rings. The van der Waals surface area contributed by atoms with Gasteiger partial charge in [0, 0.05) is 43.9 Å². The van der Waals surface area contributed by atoms with E-state index in [1.54, 1.807) is 37.3 Å². The van der Waals surface area contributed by atoms with Gasteiger partial charge in [-0.15, -0.1) is 0 Å². The summed E-state index contributed by atoms with van der Waals surface area (Å²) in [5, 5.41) is 15.6. The first-order valence-electron chi connectivity index (χ1n) is 13.9. The van der Waals surface area contributed by atoms with Crippen molar-refractivity contribution >= 4 is 35.2 Å². The number of piperidine rings is 1. The monoisotopic (exact) mass is 577 g/mol. The van der Waals surface area contributed by atoms with Crippen LogP contribution >= 0.6 is 0 Å².